The molecular weight excluding hydrogens is 792 g/mol. The number of phosphoric acid groups is 1. The molecule has 0 rings (SSSR count). The van der Waals surface area contributed by atoms with Gasteiger partial charge in [0.25, 0.3) is 7.82 Å². The molecule has 3 atom stereocenters. The van der Waals surface area contributed by atoms with E-state index in [0.717, 1.165) is 83.5 Å². The largest absolute Gasteiger partial charge is 0.756 e. The number of hydrogen-bond acceptors (Lipinski definition) is 6. The van der Waals surface area contributed by atoms with Gasteiger partial charge in [0.15, 0.2) is 0 Å². The van der Waals surface area contributed by atoms with Crippen LogP contribution in [0.15, 0.2) is 97.2 Å². The summed E-state index contributed by atoms with van der Waals surface area (Å²) in [7, 11) is 1.26. The minimum absolute atomic E-state index is 0.00211. The first-order chi connectivity index (χ1) is 30.0. The van der Waals surface area contributed by atoms with Crippen molar-refractivity contribution in [2.45, 2.75) is 193 Å². The number of phosphoric ester groups is 1. The highest BCUT2D eigenvalue weighted by molar-refractivity contribution is 7.45. The number of carbonyl (C=O) groups excluding carboxylic acids is 1. The van der Waals surface area contributed by atoms with Crippen molar-refractivity contribution in [1.82, 2.24) is 5.32 Å². The molecule has 0 aliphatic carbocycles. The van der Waals surface area contributed by atoms with Crippen molar-refractivity contribution in [2.75, 3.05) is 40.9 Å². The minimum Gasteiger partial charge on any atom is -0.756 e. The number of amides is 1. The fourth-order valence-electron chi connectivity index (χ4n) is 6.47. The van der Waals surface area contributed by atoms with Crippen LogP contribution in [0.4, 0.5) is 0 Å². The molecular formula is C53H93N2O6P. The summed E-state index contributed by atoms with van der Waals surface area (Å²) >= 11 is 0. The number of allylic oxidation sites excluding steroid dienone is 16. The maximum absolute atomic E-state index is 12.9. The van der Waals surface area contributed by atoms with Crippen LogP contribution in [0.3, 0.4) is 0 Å². The number of unbranched alkanes of at least 4 members (excludes halogenated alkanes) is 14. The molecule has 2 N–H and O–H groups in total. The lowest BCUT2D eigenvalue weighted by Gasteiger charge is -2.30. The average Bonchev–Trinajstić information content (AvgIpc) is 3.23. The first-order valence-electron chi connectivity index (χ1n) is 24.6. The number of nitrogens with zero attached hydrogens (tertiary/aromatic N) is 1. The zero-order valence-electron chi connectivity index (χ0n) is 40.3. The van der Waals surface area contributed by atoms with Crippen molar-refractivity contribution < 1.29 is 32.9 Å². The van der Waals surface area contributed by atoms with E-state index in [4.69, 9.17) is 9.05 Å². The molecule has 0 heterocycles. The van der Waals surface area contributed by atoms with Gasteiger partial charge < -0.3 is 28.8 Å². The molecule has 3 unspecified atom stereocenters. The van der Waals surface area contributed by atoms with E-state index in [9.17, 15) is 19.4 Å². The molecule has 0 aliphatic heterocycles. The Hall–Kier alpha value is -2.58. The first kappa shape index (κ1) is 59.4. The Balaban J connectivity index is 4.38. The third-order valence-electron chi connectivity index (χ3n) is 10.3. The Morgan fingerprint density at radius 3 is 1.40 bits per heavy atom. The number of rotatable bonds is 43. The second-order valence-electron chi connectivity index (χ2n) is 17.4. The van der Waals surface area contributed by atoms with E-state index < -0.39 is 20.0 Å². The number of nitrogens with one attached hydrogen (secondary N) is 1. The van der Waals surface area contributed by atoms with Gasteiger partial charge in [0.05, 0.1) is 39.9 Å². The molecule has 0 aromatic carbocycles. The van der Waals surface area contributed by atoms with Crippen LogP contribution in [-0.2, 0) is 18.4 Å². The SMILES string of the molecule is CC/C=C\C/C=C\C/C=C\C/C=C\C/C=C\C/C=C\C/C=C\C/C=C\CCCCC(=O)NC(COP(=O)([O-])OCC[N+](C)(C)C)C(O)CCCCCCCCCCCCCCC. The molecule has 62 heavy (non-hydrogen) atoms. The minimum atomic E-state index is -4.58. The molecule has 9 heteroatoms. The fraction of sp³-hybridized carbons (Fsp3) is 0.679. The van der Waals surface area contributed by atoms with Crippen LogP contribution >= 0.6 is 7.82 Å². The van der Waals surface area contributed by atoms with Gasteiger partial charge >= 0.3 is 0 Å². The molecule has 0 aromatic heterocycles. The van der Waals surface area contributed by atoms with Crippen molar-refractivity contribution in [3.63, 3.8) is 0 Å². The van der Waals surface area contributed by atoms with E-state index >= 15 is 0 Å². The Kier molecular flexibility index (Phi) is 41.8. The van der Waals surface area contributed by atoms with Crippen LogP contribution < -0.4 is 10.2 Å². The van der Waals surface area contributed by atoms with Crippen molar-refractivity contribution in [3.8, 4) is 0 Å². The fourth-order valence-corrected chi connectivity index (χ4v) is 7.19. The van der Waals surface area contributed by atoms with E-state index in [1.54, 1.807) is 0 Å². The molecule has 0 aliphatic rings. The molecule has 356 valence electrons. The molecule has 0 aromatic rings. The zero-order valence-corrected chi connectivity index (χ0v) is 41.2. The van der Waals surface area contributed by atoms with E-state index in [-0.39, 0.29) is 19.1 Å². The lowest BCUT2D eigenvalue weighted by atomic mass is 10.0. The van der Waals surface area contributed by atoms with Crippen molar-refractivity contribution >= 4 is 13.7 Å². The zero-order chi connectivity index (χ0) is 45.7. The summed E-state index contributed by atoms with van der Waals surface area (Å²) < 4.78 is 23.3. The maximum Gasteiger partial charge on any atom is 0.268 e. The maximum atomic E-state index is 12.9. The van der Waals surface area contributed by atoms with Crippen LogP contribution in [0.1, 0.15) is 181 Å². The summed E-state index contributed by atoms with van der Waals surface area (Å²) in [5.74, 6) is -0.212. The van der Waals surface area contributed by atoms with Gasteiger partial charge in [-0.05, 0) is 77.0 Å². The normalized spacial score (nSPS) is 15.0. The second-order valence-corrected chi connectivity index (χ2v) is 18.8. The van der Waals surface area contributed by atoms with Crippen LogP contribution in [0, 0.1) is 0 Å². The summed E-state index contributed by atoms with van der Waals surface area (Å²) in [6, 6.07) is -0.830. The topological polar surface area (TPSA) is 108 Å². The molecule has 0 bridgehead atoms. The summed E-state index contributed by atoms with van der Waals surface area (Å²) in [5.41, 5.74) is 0. The predicted octanol–water partition coefficient (Wildman–Crippen LogP) is 13.7. The van der Waals surface area contributed by atoms with Crippen LogP contribution in [0.25, 0.3) is 0 Å². The number of carbonyl (C=O) groups is 1. The summed E-state index contributed by atoms with van der Waals surface area (Å²) in [6.45, 7) is 4.55. The Morgan fingerprint density at radius 2 is 0.984 bits per heavy atom. The monoisotopic (exact) mass is 885 g/mol. The smallest absolute Gasteiger partial charge is 0.268 e. The van der Waals surface area contributed by atoms with Gasteiger partial charge in [0, 0.05) is 6.42 Å². The number of hydrogen-bond donors (Lipinski definition) is 2. The van der Waals surface area contributed by atoms with Crippen LogP contribution in [0.2, 0.25) is 0 Å². The lowest BCUT2D eigenvalue weighted by Crippen LogP contribution is -2.46. The van der Waals surface area contributed by atoms with E-state index in [1.807, 2.05) is 21.1 Å². The summed E-state index contributed by atoms with van der Waals surface area (Å²) in [6.07, 6.45) is 61.3. The van der Waals surface area contributed by atoms with Crippen LogP contribution in [-0.4, -0.2) is 68.5 Å². The third-order valence-corrected chi connectivity index (χ3v) is 11.3. The quantitative estimate of drug-likeness (QED) is 0.0273. The molecule has 0 saturated heterocycles. The highest BCUT2D eigenvalue weighted by Crippen LogP contribution is 2.38. The standard InChI is InChI=1S/C53H93N2O6P/c1-6-8-10-12-14-16-18-20-21-22-23-24-25-26-27-28-29-30-31-32-33-35-37-39-41-43-45-47-53(57)54-51(50-61-62(58,59)60-49-48-55(3,4)5)52(56)46-44-42-40-38-36-34-19-17-15-13-11-9-7-2/h8,10,14,16,20-21,23-24,26-27,29-30,32-33,37,39,51-52,56H,6-7,9,11-13,15,17-19,22,25,28,31,34-36,38,40-50H2,1-5H3,(H-,54,57,58,59)/b10-8-,16-14-,21-20-,24-23-,27-26-,30-29-,33-32-,39-37-. The van der Waals surface area contributed by atoms with Gasteiger partial charge in [-0.2, -0.15) is 0 Å². The highest BCUT2D eigenvalue weighted by Gasteiger charge is 2.24. The van der Waals surface area contributed by atoms with Gasteiger partial charge in [-0.15, -0.1) is 0 Å². The van der Waals surface area contributed by atoms with Crippen LogP contribution in [0.5, 0.6) is 0 Å². The van der Waals surface area contributed by atoms with Gasteiger partial charge in [-0.3, -0.25) is 9.36 Å². The van der Waals surface area contributed by atoms with Crippen molar-refractivity contribution in [2.24, 2.45) is 0 Å². The summed E-state index contributed by atoms with van der Waals surface area (Å²) in [4.78, 5) is 25.4. The number of aliphatic hydroxyl groups is 1. The molecule has 0 fully saturated rings. The second kappa shape index (κ2) is 43.7. The molecule has 0 radical (unpaired) electrons. The van der Waals surface area contributed by atoms with Crippen molar-refractivity contribution in [3.05, 3.63) is 97.2 Å². The molecule has 1 amide bonds. The lowest BCUT2D eigenvalue weighted by molar-refractivity contribution is -0.870. The number of quaternary nitrogens is 1. The third kappa shape index (κ3) is 45.4. The Morgan fingerprint density at radius 1 is 0.581 bits per heavy atom. The van der Waals surface area contributed by atoms with E-state index in [1.165, 1.54) is 64.2 Å². The Labute approximate surface area is 381 Å². The summed E-state index contributed by atoms with van der Waals surface area (Å²) in [5, 5.41) is 13.9. The van der Waals surface area contributed by atoms with Crippen molar-refractivity contribution in [1.29, 1.82) is 0 Å². The molecule has 0 saturated carbocycles. The molecule has 8 nitrogen and oxygen atoms in total. The number of likely N-dealkylation sites (N-methyl/N-ethyl adjacent to an activating group) is 1. The molecule has 0 spiro atoms. The van der Waals surface area contributed by atoms with Gasteiger partial charge in [-0.1, -0.05) is 195 Å². The van der Waals surface area contributed by atoms with Gasteiger partial charge in [0.2, 0.25) is 5.91 Å². The predicted molar refractivity (Wildman–Crippen MR) is 265 cm³/mol. The Bertz CT molecular complexity index is 1330. The average molecular weight is 885 g/mol. The van der Waals surface area contributed by atoms with E-state index in [2.05, 4.69) is 116 Å². The first-order valence-corrected chi connectivity index (χ1v) is 26.0. The number of aliphatic hydroxyl groups excluding tert-OH is 1. The van der Waals surface area contributed by atoms with Gasteiger partial charge in [-0.25, -0.2) is 0 Å². The van der Waals surface area contributed by atoms with E-state index in [0.29, 0.717) is 30.3 Å². The van der Waals surface area contributed by atoms with Gasteiger partial charge in [0.1, 0.15) is 13.2 Å². The highest BCUT2D eigenvalue weighted by atomic mass is 31.2.